The molecule has 0 aliphatic heterocycles. The van der Waals surface area contributed by atoms with Crippen LogP contribution in [0.4, 0.5) is 0 Å². The summed E-state index contributed by atoms with van der Waals surface area (Å²) in [6.45, 7) is 1.86. The molecule has 0 bridgehead atoms. The molecule has 0 aliphatic rings. The third-order valence-electron chi connectivity index (χ3n) is 2.47. The fourth-order valence-electron chi connectivity index (χ4n) is 1.61. The number of hydrogen-bond donors (Lipinski definition) is 1. The highest BCUT2D eigenvalue weighted by molar-refractivity contribution is 6.48. The summed E-state index contributed by atoms with van der Waals surface area (Å²) in [5.41, 5.74) is 0.510. The molecule has 2 nitrogen and oxygen atoms in total. The van der Waals surface area contributed by atoms with E-state index in [0.29, 0.717) is 12.0 Å². The van der Waals surface area contributed by atoms with Gasteiger partial charge in [0.2, 0.25) is 0 Å². The molecule has 0 saturated heterocycles. The van der Waals surface area contributed by atoms with Crippen LogP contribution in [0.25, 0.3) is 0 Å². The molecule has 1 atom stereocenters. The molecule has 0 saturated carbocycles. The third-order valence-corrected chi connectivity index (χ3v) is 4.07. The van der Waals surface area contributed by atoms with Gasteiger partial charge in [-0.05, 0) is 24.0 Å². The molecule has 1 aromatic rings. The molecule has 0 spiro atoms. The second-order valence-corrected chi connectivity index (χ2v) is 5.16. The Morgan fingerprint density at radius 3 is 2.06 bits per heavy atom. The summed E-state index contributed by atoms with van der Waals surface area (Å²) >= 11 is 23.9. The van der Waals surface area contributed by atoms with Crippen molar-refractivity contribution in [3.8, 4) is 0 Å². The van der Waals surface area contributed by atoms with Crippen LogP contribution in [0.1, 0.15) is 31.2 Å². The zero-order chi connectivity index (χ0) is 13.2. The fraction of sp³-hybridized carbons (Fsp3) is 0.364. The van der Waals surface area contributed by atoms with Crippen molar-refractivity contribution in [1.29, 1.82) is 0 Å². The number of carboxylic acid groups (broad SMARTS) is 1. The number of hydrogen-bond acceptors (Lipinski definition) is 1. The molecule has 1 aromatic carbocycles. The molecular weight excluding hydrogens is 306 g/mol. The number of halogens is 4. The summed E-state index contributed by atoms with van der Waals surface area (Å²) < 4.78 is 0. The Balaban J connectivity index is 3.31. The van der Waals surface area contributed by atoms with E-state index in [2.05, 4.69) is 0 Å². The van der Waals surface area contributed by atoms with E-state index in [4.69, 9.17) is 51.5 Å². The summed E-state index contributed by atoms with van der Waals surface area (Å²) in [4.78, 5) is 10.8. The summed E-state index contributed by atoms with van der Waals surface area (Å²) in [5.74, 6) is -1.22. The maximum Gasteiger partial charge on any atom is 0.303 e. The molecule has 0 radical (unpaired) electrons. The molecule has 94 valence electrons. The lowest BCUT2D eigenvalue weighted by Crippen LogP contribution is -2.07. The quantitative estimate of drug-likeness (QED) is 0.769. The van der Waals surface area contributed by atoms with Crippen LogP contribution in [0.5, 0.6) is 0 Å². The number of benzene rings is 1. The second kappa shape index (κ2) is 6.14. The van der Waals surface area contributed by atoms with E-state index in [1.807, 2.05) is 6.92 Å². The van der Waals surface area contributed by atoms with Crippen LogP contribution in [0.2, 0.25) is 20.1 Å². The molecule has 1 rings (SSSR count). The van der Waals surface area contributed by atoms with Crippen molar-refractivity contribution in [2.24, 2.45) is 0 Å². The van der Waals surface area contributed by atoms with Crippen LogP contribution in [0.15, 0.2) is 6.07 Å². The summed E-state index contributed by atoms with van der Waals surface area (Å²) in [7, 11) is 0. The molecule has 0 fully saturated rings. The van der Waals surface area contributed by atoms with Crippen molar-refractivity contribution in [3.63, 3.8) is 0 Å². The Morgan fingerprint density at radius 2 is 1.71 bits per heavy atom. The van der Waals surface area contributed by atoms with E-state index < -0.39 is 5.97 Å². The summed E-state index contributed by atoms with van der Waals surface area (Å²) in [6.07, 6.45) is 0.523. The topological polar surface area (TPSA) is 37.3 Å². The van der Waals surface area contributed by atoms with E-state index in [-0.39, 0.29) is 32.4 Å². The first-order valence-electron chi connectivity index (χ1n) is 4.93. The summed E-state index contributed by atoms with van der Waals surface area (Å²) in [5, 5.41) is 9.94. The molecule has 0 amide bonds. The van der Waals surface area contributed by atoms with Gasteiger partial charge in [-0.2, -0.15) is 0 Å². The van der Waals surface area contributed by atoms with Gasteiger partial charge in [-0.1, -0.05) is 53.3 Å². The third kappa shape index (κ3) is 3.41. The monoisotopic (exact) mass is 314 g/mol. The van der Waals surface area contributed by atoms with Crippen LogP contribution in [-0.2, 0) is 4.79 Å². The average molecular weight is 316 g/mol. The predicted octanol–water partition coefficient (Wildman–Crippen LogP) is 5.27. The Labute approximate surface area is 119 Å². The second-order valence-electron chi connectivity index (χ2n) is 3.58. The maximum absolute atomic E-state index is 10.8. The van der Waals surface area contributed by atoms with Crippen LogP contribution in [-0.4, -0.2) is 11.1 Å². The van der Waals surface area contributed by atoms with E-state index >= 15 is 0 Å². The minimum atomic E-state index is -0.917. The van der Waals surface area contributed by atoms with Gasteiger partial charge in [0.1, 0.15) is 0 Å². The van der Waals surface area contributed by atoms with Crippen molar-refractivity contribution < 1.29 is 9.90 Å². The molecule has 0 aliphatic carbocycles. The molecule has 0 aromatic heterocycles. The lowest BCUT2D eigenvalue weighted by Gasteiger charge is -2.18. The minimum absolute atomic E-state index is 0.0629. The van der Waals surface area contributed by atoms with Crippen LogP contribution < -0.4 is 0 Å². The zero-order valence-corrected chi connectivity index (χ0v) is 12.0. The van der Waals surface area contributed by atoms with E-state index in [9.17, 15) is 4.79 Å². The van der Waals surface area contributed by atoms with E-state index in [1.165, 1.54) is 6.07 Å². The predicted molar refractivity (Wildman–Crippen MR) is 71.8 cm³/mol. The first-order valence-corrected chi connectivity index (χ1v) is 6.44. The molecule has 1 N–H and O–H groups in total. The number of aliphatic carboxylic acids is 1. The standard InChI is InChI=1S/C11H10Cl4O2/c1-2-5(3-8(16)17)9-10(14)6(12)4-7(13)11(9)15/h4-5H,2-3H2,1H3,(H,16,17). The highest BCUT2D eigenvalue weighted by Gasteiger charge is 2.23. The molecule has 1 unspecified atom stereocenters. The summed E-state index contributed by atoms with van der Waals surface area (Å²) in [6, 6.07) is 1.45. The van der Waals surface area contributed by atoms with Crippen molar-refractivity contribution in [3.05, 3.63) is 31.7 Å². The largest absolute Gasteiger partial charge is 0.481 e. The molecule has 17 heavy (non-hydrogen) atoms. The molecule has 0 heterocycles. The Hall–Kier alpha value is -0.150. The number of carbonyl (C=O) groups is 1. The van der Waals surface area contributed by atoms with Gasteiger partial charge < -0.3 is 5.11 Å². The Bertz CT molecular complexity index is 419. The highest BCUT2D eigenvalue weighted by atomic mass is 35.5. The number of rotatable bonds is 4. The van der Waals surface area contributed by atoms with E-state index in [1.54, 1.807) is 0 Å². The first-order chi connectivity index (χ1) is 7.88. The van der Waals surface area contributed by atoms with Crippen LogP contribution >= 0.6 is 46.4 Å². The fourth-order valence-corrected chi connectivity index (χ4v) is 2.74. The normalized spacial score (nSPS) is 12.5. The van der Waals surface area contributed by atoms with Gasteiger partial charge >= 0.3 is 5.97 Å². The smallest absolute Gasteiger partial charge is 0.303 e. The van der Waals surface area contributed by atoms with E-state index in [0.717, 1.165) is 0 Å². The van der Waals surface area contributed by atoms with Gasteiger partial charge in [-0.15, -0.1) is 0 Å². The van der Waals surface area contributed by atoms with Crippen LogP contribution in [0.3, 0.4) is 0 Å². The highest BCUT2D eigenvalue weighted by Crippen LogP contribution is 2.43. The molecule has 6 heteroatoms. The Morgan fingerprint density at radius 1 is 1.24 bits per heavy atom. The van der Waals surface area contributed by atoms with Crippen molar-refractivity contribution >= 4 is 52.4 Å². The van der Waals surface area contributed by atoms with Crippen molar-refractivity contribution in [2.45, 2.75) is 25.7 Å². The van der Waals surface area contributed by atoms with Crippen molar-refractivity contribution in [2.75, 3.05) is 0 Å². The number of carboxylic acids is 1. The lowest BCUT2D eigenvalue weighted by atomic mass is 9.93. The first kappa shape index (κ1) is 14.9. The Kier molecular flexibility index (Phi) is 5.39. The lowest BCUT2D eigenvalue weighted by molar-refractivity contribution is -0.137. The molecular formula is C11H10Cl4O2. The zero-order valence-electron chi connectivity index (χ0n) is 8.94. The van der Waals surface area contributed by atoms with Gasteiger partial charge in [0.25, 0.3) is 0 Å². The van der Waals surface area contributed by atoms with Gasteiger partial charge in [-0.25, -0.2) is 0 Å². The van der Waals surface area contributed by atoms with Crippen LogP contribution in [0, 0.1) is 0 Å². The van der Waals surface area contributed by atoms with Gasteiger partial charge in [-0.3, -0.25) is 4.79 Å². The van der Waals surface area contributed by atoms with Gasteiger partial charge in [0, 0.05) is 0 Å². The van der Waals surface area contributed by atoms with Gasteiger partial charge in [0.15, 0.2) is 0 Å². The average Bonchev–Trinajstić information content (AvgIpc) is 2.24. The SMILES string of the molecule is CCC(CC(=O)O)c1c(Cl)c(Cl)cc(Cl)c1Cl. The van der Waals surface area contributed by atoms with Gasteiger partial charge in [0.05, 0.1) is 26.5 Å². The maximum atomic E-state index is 10.8. The van der Waals surface area contributed by atoms with Crippen molar-refractivity contribution in [1.82, 2.24) is 0 Å². The minimum Gasteiger partial charge on any atom is -0.481 e.